The minimum Gasteiger partial charge on any atom is -0.356 e. The van der Waals surface area contributed by atoms with E-state index in [0.29, 0.717) is 12.5 Å². The molecule has 0 saturated carbocycles. The van der Waals surface area contributed by atoms with Crippen molar-refractivity contribution in [2.24, 2.45) is 0 Å². The molecule has 1 aliphatic heterocycles. The third-order valence-corrected chi connectivity index (χ3v) is 4.37. The summed E-state index contributed by atoms with van der Waals surface area (Å²) in [5.74, 6) is 2.34. The standard InChI is InChI=1S/C15H22N2OS/c1-2-8-17-15(18)7-9-16-14-11-19-10-12-5-3-4-6-13(12)14/h3-6,14,16H,2,7-11H2,1H3,(H,17,18). The molecule has 1 aliphatic rings. The lowest BCUT2D eigenvalue weighted by molar-refractivity contribution is -0.121. The van der Waals surface area contributed by atoms with Gasteiger partial charge in [-0.05, 0) is 17.5 Å². The lowest BCUT2D eigenvalue weighted by Crippen LogP contribution is -2.32. The number of amides is 1. The molecule has 0 aliphatic carbocycles. The van der Waals surface area contributed by atoms with Gasteiger partial charge >= 0.3 is 0 Å². The first-order chi connectivity index (χ1) is 9.31. The number of thioether (sulfide) groups is 1. The summed E-state index contributed by atoms with van der Waals surface area (Å²) in [5, 5.41) is 6.41. The van der Waals surface area contributed by atoms with Crippen molar-refractivity contribution >= 4 is 17.7 Å². The van der Waals surface area contributed by atoms with Gasteiger partial charge in [0, 0.05) is 37.1 Å². The SMILES string of the molecule is CCCNC(=O)CCNC1CSCc2ccccc21. The van der Waals surface area contributed by atoms with Gasteiger partial charge in [0.05, 0.1) is 0 Å². The van der Waals surface area contributed by atoms with Gasteiger partial charge in [-0.3, -0.25) is 4.79 Å². The van der Waals surface area contributed by atoms with E-state index < -0.39 is 0 Å². The molecule has 0 saturated heterocycles. The average Bonchev–Trinajstić information content (AvgIpc) is 2.45. The van der Waals surface area contributed by atoms with Crippen molar-refractivity contribution < 1.29 is 4.79 Å². The highest BCUT2D eigenvalue weighted by Gasteiger charge is 2.19. The topological polar surface area (TPSA) is 41.1 Å². The van der Waals surface area contributed by atoms with Crippen molar-refractivity contribution in [1.29, 1.82) is 0 Å². The molecule has 0 fully saturated rings. The highest BCUT2D eigenvalue weighted by Crippen LogP contribution is 2.31. The zero-order chi connectivity index (χ0) is 13.5. The lowest BCUT2D eigenvalue weighted by Gasteiger charge is -2.26. The van der Waals surface area contributed by atoms with Crippen LogP contribution in [0, 0.1) is 0 Å². The minimum absolute atomic E-state index is 0.145. The van der Waals surface area contributed by atoms with Gasteiger partial charge in [-0.25, -0.2) is 0 Å². The number of carbonyl (C=O) groups excluding carboxylic acids is 1. The highest BCUT2D eigenvalue weighted by atomic mass is 32.2. The second-order valence-electron chi connectivity index (χ2n) is 4.82. The lowest BCUT2D eigenvalue weighted by atomic mass is 10.0. The third-order valence-electron chi connectivity index (χ3n) is 3.29. The molecule has 3 nitrogen and oxygen atoms in total. The quantitative estimate of drug-likeness (QED) is 0.840. The molecule has 1 amide bonds. The van der Waals surface area contributed by atoms with Gasteiger partial charge in [-0.2, -0.15) is 11.8 Å². The van der Waals surface area contributed by atoms with Crippen LogP contribution >= 0.6 is 11.8 Å². The van der Waals surface area contributed by atoms with Gasteiger partial charge in [0.25, 0.3) is 0 Å². The van der Waals surface area contributed by atoms with Crippen LogP contribution < -0.4 is 10.6 Å². The second kappa shape index (κ2) is 7.56. The molecule has 19 heavy (non-hydrogen) atoms. The van der Waals surface area contributed by atoms with E-state index in [-0.39, 0.29) is 5.91 Å². The number of hydrogen-bond acceptors (Lipinski definition) is 3. The first kappa shape index (κ1) is 14.4. The zero-order valence-electron chi connectivity index (χ0n) is 11.4. The molecule has 0 spiro atoms. The maximum atomic E-state index is 11.5. The Morgan fingerprint density at radius 3 is 3.05 bits per heavy atom. The van der Waals surface area contributed by atoms with Crippen LogP contribution in [0.25, 0.3) is 0 Å². The molecule has 0 bridgehead atoms. The first-order valence-corrected chi connectivity index (χ1v) is 8.12. The minimum atomic E-state index is 0.145. The van der Waals surface area contributed by atoms with Crippen molar-refractivity contribution in [3.8, 4) is 0 Å². The molecule has 1 aromatic carbocycles. The number of rotatable bonds is 6. The van der Waals surface area contributed by atoms with Gasteiger partial charge in [0.2, 0.25) is 5.91 Å². The summed E-state index contributed by atoms with van der Waals surface area (Å²) in [7, 11) is 0. The fraction of sp³-hybridized carbons (Fsp3) is 0.533. The Balaban J connectivity index is 1.80. The van der Waals surface area contributed by atoms with Crippen LogP contribution in [0.2, 0.25) is 0 Å². The molecule has 104 valence electrons. The number of benzene rings is 1. The summed E-state index contributed by atoms with van der Waals surface area (Å²) in [4.78, 5) is 11.5. The van der Waals surface area contributed by atoms with E-state index in [9.17, 15) is 4.79 Å². The van der Waals surface area contributed by atoms with E-state index in [2.05, 4.69) is 41.8 Å². The largest absolute Gasteiger partial charge is 0.356 e. The van der Waals surface area contributed by atoms with Crippen LogP contribution in [0.15, 0.2) is 24.3 Å². The Morgan fingerprint density at radius 2 is 2.21 bits per heavy atom. The van der Waals surface area contributed by atoms with Crippen LogP contribution in [0.4, 0.5) is 0 Å². The maximum Gasteiger partial charge on any atom is 0.221 e. The molecule has 1 heterocycles. The fourth-order valence-corrected chi connectivity index (χ4v) is 3.40. The van der Waals surface area contributed by atoms with Crippen molar-refractivity contribution in [2.45, 2.75) is 31.6 Å². The number of hydrogen-bond donors (Lipinski definition) is 2. The Bertz CT molecular complexity index is 422. The zero-order valence-corrected chi connectivity index (χ0v) is 12.3. The van der Waals surface area contributed by atoms with Crippen LogP contribution in [-0.2, 0) is 10.5 Å². The smallest absolute Gasteiger partial charge is 0.221 e. The van der Waals surface area contributed by atoms with Gasteiger partial charge in [-0.1, -0.05) is 31.2 Å². The molecule has 1 unspecified atom stereocenters. The van der Waals surface area contributed by atoms with Gasteiger partial charge < -0.3 is 10.6 Å². The second-order valence-corrected chi connectivity index (χ2v) is 5.85. The molecule has 1 aromatic rings. The summed E-state index contributed by atoms with van der Waals surface area (Å²) in [6.07, 6.45) is 1.55. The first-order valence-electron chi connectivity index (χ1n) is 6.97. The molecule has 1 atom stereocenters. The van der Waals surface area contributed by atoms with Crippen molar-refractivity contribution in [3.05, 3.63) is 35.4 Å². The Morgan fingerprint density at radius 1 is 1.37 bits per heavy atom. The van der Waals surface area contributed by atoms with E-state index in [0.717, 1.165) is 31.0 Å². The van der Waals surface area contributed by atoms with Gasteiger partial charge in [-0.15, -0.1) is 0 Å². The van der Waals surface area contributed by atoms with E-state index >= 15 is 0 Å². The Labute approximate surface area is 119 Å². The Hall–Kier alpha value is -1.00. The van der Waals surface area contributed by atoms with E-state index in [1.54, 1.807) is 0 Å². The predicted molar refractivity (Wildman–Crippen MR) is 81.3 cm³/mol. The molecule has 2 rings (SSSR count). The Kier molecular flexibility index (Phi) is 5.73. The molecule has 0 aromatic heterocycles. The van der Waals surface area contributed by atoms with Gasteiger partial charge in [0.15, 0.2) is 0 Å². The fourth-order valence-electron chi connectivity index (χ4n) is 2.26. The summed E-state index contributed by atoms with van der Waals surface area (Å²) in [6, 6.07) is 8.97. The van der Waals surface area contributed by atoms with Crippen LogP contribution in [0.5, 0.6) is 0 Å². The molecular formula is C15H22N2OS. The highest BCUT2D eigenvalue weighted by molar-refractivity contribution is 7.98. The maximum absolute atomic E-state index is 11.5. The third kappa shape index (κ3) is 4.25. The van der Waals surface area contributed by atoms with E-state index in [1.165, 1.54) is 11.1 Å². The van der Waals surface area contributed by atoms with Crippen molar-refractivity contribution in [3.63, 3.8) is 0 Å². The van der Waals surface area contributed by atoms with E-state index in [4.69, 9.17) is 0 Å². The van der Waals surface area contributed by atoms with Gasteiger partial charge in [0.1, 0.15) is 0 Å². The number of fused-ring (bicyclic) bond motifs is 1. The average molecular weight is 278 g/mol. The summed E-state index contributed by atoms with van der Waals surface area (Å²) in [6.45, 7) is 3.59. The molecule has 0 radical (unpaired) electrons. The van der Waals surface area contributed by atoms with E-state index in [1.807, 2.05) is 11.8 Å². The van der Waals surface area contributed by atoms with Crippen LogP contribution in [0.3, 0.4) is 0 Å². The predicted octanol–water partition coefficient (Wildman–Crippen LogP) is 2.48. The normalized spacial score (nSPS) is 17.8. The molecular weight excluding hydrogens is 256 g/mol. The van der Waals surface area contributed by atoms with Crippen molar-refractivity contribution in [1.82, 2.24) is 10.6 Å². The van der Waals surface area contributed by atoms with Crippen molar-refractivity contribution in [2.75, 3.05) is 18.8 Å². The summed E-state index contributed by atoms with van der Waals surface area (Å²) < 4.78 is 0. The molecule has 2 N–H and O–H groups in total. The molecule has 4 heteroatoms. The summed E-state index contributed by atoms with van der Waals surface area (Å²) >= 11 is 1.96. The number of carbonyl (C=O) groups is 1. The number of nitrogens with one attached hydrogen (secondary N) is 2. The van der Waals surface area contributed by atoms with Crippen LogP contribution in [-0.4, -0.2) is 24.7 Å². The summed E-state index contributed by atoms with van der Waals surface area (Å²) in [5.41, 5.74) is 2.82. The van der Waals surface area contributed by atoms with Crippen LogP contribution in [0.1, 0.15) is 36.9 Å². The monoisotopic (exact) mass is 278 g/mol.